The molecule has 0 radical (unpaired) electrons. The molecule has 1 aromatic carbocycles. The summed E-state index contributed by atoms with van der Waals surface area (Å²) in [6, 6.07) is 3.44. The Morgan fingerprint density at radius 2 is 1.95 bits per heavy atom. The number of nitrogens with one attached hydrogen (secondary N) is 1. The van der Waals surface area contributed by atoms with Gasteiger partial charge in [0.05, 0.1) is 26.0 Å². The first-order chi connectivity index (χ1) is 9.40. The lowest BCUT2D eigenvalue weighted by atomic mass is 10.2. The van der Waals surface area contributed by atoms with Gasteiger partial charge < -0.3 is 14.8 Å². The molecule has 5 nitrogen and oxygen atoms in total. The van der Waals surface area contributed by atoms with E-state index in [-0.39, 0.29) is 5.70 Å². The van der Waals surface area contributed by atoms with E-state index in [1.54, 1.807) is 19.1 Å². The third kappa shape index (κ3) is 3.98. The second kappa shape index (κ2) is 7.31. The van der Waals surface area contributed by atoms with Crippen LogP contribution in [-0.2, 0) is 19.1 Å². The van der Waals surface area contributed by atoms with Crippen molar-refractivity contribution >= 4 is 45.2 Å². The molecule has 1 N–H and O–H groups in total. The number of carbonyl (C=O) groups is 2. The van der Waals surface area contributed by atoms with Crippen molar-refractivity contribution in [2.75, 3.05) is 19.5 Å². The van der Waals surface area contributed by atoms with Crippen molar-refractivity contribution < 1.29 is 19.1 Å². The second-order valence-electron chi connectivity index (χ2n) is 3.73. The lowest BCUT2D eigenvalue weighted by molar-refractivity contribution is -0.138. The molecular formula is C13H13BrClNO4. The van der Waals surface area contributed by atoms with Gasteiger partial charge in [0.1, 0.15) is 5.70 Å². The van der Waals surface area contributed by atoms with Crippen molar-refractivity contribution in [1.82, 2.24) is 0 Å². The van der Waals surface area contributed by atoms with Crippen LogP contribution < -0.4 is 5.32 Å². The quantitative estimate of drug-likeness (QED) is 0.659. The largest absolute Gasteiger partial charge is 0.466 e. The first-order valence-corrected chi connectivity index (χ1v) is 6.67. The maximum absolute atomic E-state index is 11.7. The Balaban J connectivity index is 3.21. The van der Waals surface area contributed by atoms with Crippen LogP contribution in [0, 0.1) is 6.92 Å². The monoisotopic (exact) mass is 361 g/mol. The van der Waals surface area contributed by atoms with E-state index < -0.39 is 11.9 Å². The van der Waals surface area contributed by atoms with Crippen LogP contribution in [0.15, 0.2) is 28.4 Å². The number of hydrogen-bond donors (Lipinski definition) is 1. The standard InChI is InChI=1S/C13H13BrClNO4/c1-7-9(15)5-4-8(14)12(7)16-10(13(18)20-3)6-11(17)19-2/h4-6,16H,1-3H3/b10-6+. The molecule has 0 bridgehead atoms. The van der Waals surface area contributed by atoms with E-state index in [2.05, 4.69) is 30.7 Å². The summed E-state index contributed by atoms with van der Waals surface area (Å²) in [5, 5.41) is 3.35. The van der Waals surface area contributed by atoms with Gasteiger partial charge in [0.25, 0.3) is 0 Å². The Morgan fingerprint density at radius 3 is 2.50 bits per heavy atom. The smallest absolute Gasteiger partial charge is 0.354 e. The Morgan fingerprint density at radius 1 is 1.30 bits per heavy atom. The molecule has 0 fully saturated rings. The summed E-state index contributed by atoms with van der Waals surface area (Å²) in [5.74, 6) is -1.37. The minimum atomic E-state index is -0.693. The Bertz CT molecular complexity index is 572. The van der Waals surface area contributed by atoms with E-state index in [9.17, 15) is 9.59 Å². The fourth-order valence-electron chi connectivity index (χ4n) is 1.37. The van der Waals surface area contributed by atoms with Gasteiger partial charge in [-0.25, -0.2) is 9.59 Å². The molecule has 0 saturated carbocycles. The van der Waals surface area contributed by atoms with E-state index in [1.165, 1.54) is 14.2 Å². The molecule has 0 heterocycles. The fraction of sp³-hybridized carbons (Fsp3) is 0.231. The van der Waals surface area contributed by atoms with E-state index in [4.69, 9.17) is 11.6 Å². The minimum Gasteiger partial charge on any atom is -0.466 e. The molecule has 20 heavy (non-hydrogen) atoms. The van der Waals surface area contributed by atoms with Crippen molar-refractivity contribution in [3.63, 3.8) is 0 Å². The van der Waals surface area contributed by atoms with Crippen molar-refractivity contribution in [1.29, 1.82) is 0 Å². The zero-order valence-corrected chi connectivity index (χ0v) is 13.5. The lowest BCUT2D eigenvalue weighted by Crippen LogP contribution is -2.16. The lowest BCUT2D eigenvalue weighted by Gasteiger charge is -2.14. The molecule has 0 amide bonds. The summed E-state index contributed by atoms with van der Waals surface area (Å²) in [6.45, 7) is 1.78. The number of methoxy groups -OCH3 is 2. The normalized spacial score (nSPS) is 10.9. The van der Waals surface area contributed by atoms with Gasteiger partial charge >= 0.3 is 11.9 Å². The third-order valence-electron chi connectivity index (χ3n) is 2.48. The molecule has 0 saturated heterocycles. The maximum Gasteiger partial charge on any atom is 0.354 e. The SMILES string of the molecule is COC(=O)/C=C(/Nc1c(Br)ccc(Cl)c1C)C(=O)OC. The van der Waals surface area contributed by atoms with Crippen LogP contribution in [0.1, 0.15) is 5.56 Å². The Kier molecular flexibility index (Phi) is 6.04. The predicted molar refractivity (Wildman–Crippen MR) is 79.6 cm³/mol. The van der Waals surface area contributed by atoms with Crippen molar-refractivity contribution in [2.24, 2.45) is 0 Å². The Labute approximate surface area is 130 Å². The molecule has 0 spiro atoms. The number of benzene rings is 1. The van der Waals surface area contributed by atoms with Crippen LogP contribution in [0.5, 0.6) is 0 Å². The van der Waals surface area contributed by atoms with Crippen molar-refractivity contribution in [3.8, 4) is 0 Å². The number of carbonyl (C=O) groups excluding carboxylic acids is 2. The molecule has 108 valence electrons. The topological polar surface area (TPSA) is 64.6 Å². The zero-order chi connectivity index (χ0) is 15.3. The molecule has 1 rings (SSSR count). The summed E-state index contributed by atoms with van der Waals surface area (Å²) in [4.78, 5) is 23.0. The number of esters is 2. The van der Waals surface area contributed by atoms with Crippen LogP contribution in [0.2, 0.25) is 5.02 Å². The molecule has 0 aliphatic rings. The Hall–Kier alpha value is -1.53. The third-order valence-corrected chi connectivity index (χ3v) is 3.55. The van der Waals surface area contributed by atoms with E-state index >= 15 is 0 Å². The molecule has 0 aliphatic carbocycles. The van der Waals surface area contributed by atoms with Crippen LogP contribution in [0.4, 0.5) is 5.69 Å². The van der Waals surface area contributed by atoms with Gasteiger partial charge in [-0.05, 0) is 40.5 Å². The van der Waals surface area contributed by atoms with Gasteiger partial charge in [-0.1, -0.05) is 11.6 Å². The highest BCUT2D eigenvalue weighted by atomic mass is 79.9. The highest BCUT2D eigenvalue weighted by molar-refractivity contribution is 9.10. The van der Waals surface area contributed by atoms with Gasteiger partial charge in [-0.3, -0.25) is 0 Å². The fourth-order valence-corrected chi connectivity index (χ4v) is 2.06. The molecular weight excluding hydrogens is 350 g/mol. The first-order valence-electron chi connectivity index (χ1n) is 5.50. The molecule has 0 atom stereocenters. The van der Waals surface area contributed by atoms with Crippen molar-refractivity contribution in [3.05, 3.63) is 39.0 Å². The minimum absolute atomic E-state index is 0.0505. The summed E-state index contributed by atoms with van der Waals surface area (Å²) < 4.78 is 9.80. The van der Waals surface area contributed by atoms with Crippen LogP contribution in [0.25, 0.3) is 0 Å². The summed E-state index contributed by atoms with van der Waals surface area (Å²) >= 11 is 9.38. The van der Waals surface area contributed by atoms with Crippen LogP contribution in [0.3, 0.4) is 0 Å². The number of halogens is 2. The van der Waals surface area contributed by atoms with Crippen LogP contribution in [-0.4, -0.2) is 26.2 Å². The van der Waals surface area contributed by atoms with Gasteiger partial charge in [-0.15, -0.1) is 0 Å². The first kappa shape index (κ1) is 16.5. The van der Waals surface area contributed by atoms with Gasteiger partial charge in [0, 0.05) is 9.50 Å². The second-order valence-corrected chi connectivity index (χ2v) is 4.99. The zero-order valence-electron chi connectivity index (χ0n) is 11.1. The van der Waals surface area contributed by atoms with Crippen molar-refractivity contribution in [2.45, 2.75) is 6.92 Å². The summed E-state index contributed by atoms with van der Waals surface area (Å²) in [6.07, 6.45) is 1.01. The summed E-state index contributed by atoms with van der Waals surface area (Å²) in [5.41, 5.74) is 1.24. The van der Waals surface area contributed by atoms with E-state index in [0.29, 0.717) is 15.2 Å². The molecule has 7 heteroatoms. The molecule has 0 aromatic heterocycles. The van der Waals surface area contributed by atoms with Gasteiger partial charge in [0.2, 0.25) is 0 Å². The number of anilines is 1. The number of rotatable bonds is 4. The van der Waals surface area contributed by atoms with Gasteiger partial charge in [0.15, 0.2) is 0 Å². The molecule has 1 aromatic rings. The highest BCUT2D eigenvalue weighted by Crippen LogP contribution is 2.32. The average Bonchev–Trinajstić information content (AvgIpc) is 2.45. The van der Waals surface area contributed by atoms with E-state index in [0.717, 1.165) is 11.6 Å². The van der Waals surface area contributed by atoms with E-state index in [1.807, 2.05) is 0 Å². The predicted octanol–water partition coefficient (Wildman–Crippen LogP) is 3.05. The highest BCUT2D eigenvalue weighted by Gasteiger charge is 2.16. The molecule has 0 unspecified atom stereocenters. The summed E-state index contributed by atoms with van der Waals surface area (Å²) in [7, 11) is 2.43. The van der Waals surface area contributed by atoms with Gasteiger partial charge in [-0.2, -0.15) is 0 Å². The average molecular weight is 363 g/mol. The number of hydrogen-bond acceptors (Lipinski definition) is 5. The number of ether oxygens (including phenoxy) is 2. The maximum atomic E-state index is 11.7. The molecule has 0 aliphatic heterocycles. The van der Waals surface area contributed by atoms with Crippen LogP contribution >= 0.6 is 27.5 Å².